The Morgan fingerprint density at radius 3 is 2.37 bits per heavy atom. The van der Waals surface area contributed by atoms with Crippen molar-refractivity contribution in [1.29, 1.82) is 0 Å². The molecule has 0 bridgehead atoms. The highest BCUT2D eigenvalue weighted by Crippen LogP contribution is 2.70. The number of carbonyl (C=O) groups excluding carboxylic acids is 2. The van der Waals surface area contributed by atoms with E-state index in [1.807, 2.05) is 0 Å². The molecule has 4 aliphatic rings. The molecule has 0 spiro atoms. The monoisotopic (exact) mass is 482 g/mol. The number of allylic oxidation sites excluding steroid dienone is 4. The van der Waals surface area contributed by atoms with Gasteiger partial charge in [0.2, 0.25) is 0 Å². The molecule has 0 radical (unpaired) electrons. The summed E-state index contributed by atoms with van der Waals surface area (Å²) in [6.07, 6.45) is 13.4. The van der Waals surface area contributed by atoms with Crippen molar-refractivity contribution in [3.05, 3.63) is 23.3 Å². The van der Waals surface area contributed by atoms with E-state index in [1.54, 1.807) is 0 Å². The van der Waals surface area contributed by atoms with Gasteiger partial charge in [0.15, 0.2) is 5.78 Å². The smallest absolute Gasteiger partial charge is 0.302 e. The lowest BCUT2D eigenvalue weighted by atomic mass is 9.44. The van der Waals surface area contributed by atoms with E-state index in [0.29, 0.717) is 24.0 Å². The van der Waals surface area contributed by atoms with Crippen LogP contribution in [0.5, 0.6) is 0 Å². The fourth-order valence-electron chi connectivity index (χ4n) is 9.15. The third kappa shape index (κ3) is 3.98. The second kappa shape index (κ2) is 8.88. The maximum Gasteiger partial charge on any atom is 0.302 e. The molecule has 4 rings (SSSR count). The van der Waals surface area contributed by atoms with Crippen LogP contribution >= 0.6 is 0 Å². The minimum atomic E-state index is -0.231. The van der Waals surface area contributed by atoms with E-state index in [0.717, 1.165) is 30.8 Å². The summed E-state index contributed by atoms with van der Waals surface area (Å²) in [5, 5.41) is 0. The van der Waals surface area contributed by atoms with Gasteiger partial charge in [-0.2, -0.15) is 0 Å². The van der Waals surface area contributed by atoms with Crippen LogP contribution in [0.1, 0.15) is 114 Å². The van der Waals surface area contributed by atoms with Gasteiger partial charge in [-0.15, -0.1) is 0 Å². The van der Waals surface area contributed by atoms with Crippen LogP contribution in [0.4, 0.5) is 0 Å². The van der Waals surface area contributed by atoms with Crippen LogP contribution in [-0.2, 0) is 14.3 Å². The van der Waals surface area contributed by atoms with Gasteiger partial charge < -0.3 is 4.74 Å². The van der Waals surface area contributed by atoms with E-state index in [2.05, 4.69) is 67.5 Å². The Hall–Kier alpha value is -1.38. The van der Waals surface area contributed by atoms with Crippen LogP contribution < -0.4 is 0 Å². The van der Waals surface area contributed by atoms with Gasteiger partial charge in [0.25, 0.3) is 0 Å². The van der Waals surface area contributed by atoms with Crippen molar-refractivity contribution >= 4 is 11.8 Å². The molecule has 0 amide bonds. The summed E-state index contributed by atoms with van der Waals surface area (Å²) in [6.45, 7) is 20.3. The number of hydrogen-bond acceptors (Lipinski definition) is 3. The molecule has 2 fully saturated rings. The molecular weight excluding hydrogens is 432 g/mol. The molecule has 0 aromatic carbocycles. The van der Waals surface area contributed by atoms with Crippen molar-refractivity contribution in [3.63, 3.8) is 0 Å². The predicted octanol–water partition coefficient (Wildman–Crippen LogP) is 8.08. The number of fused-ring (bicyclic) bond motifs is 4. The Balaban J connectivity index is 1.67. The number of hydrogen-bond donors (Lipinski definition) is 0. The van der Waals surface area contributed by atoms with Crippen molar-refractivity contribution in [2.75, 3.05) is 0 Å². The maximum absolute atomic E-state index is 14.1. The van der Waals surface area contributed by atoms with Gasteiger partial charge in [-0.25, -0.2) is 0 Å². The molecule has 4 aliphatic carbocycles. The van der Waals surface area contributed by atoms with Gasteiger partial charge >= 0.3 is 5.97 Å². The summed E-state index contributed by atoms with van der Waals surface area (Å²) < 4.78 is 5.78. The third-order valence-corrected chi connectivity index (χ3v) is 11.5. The zero-order valence-corrected chi connectivity index (χ0v) is 23.9. The predicted molar refractivity (Wildman–Crippen MR) is 143 cm³/mol. The third-order valence-electron chi connectivity index (χ3n) is 11.5. The fraction of sp³-hybridized carbons (Fsp3) is 0.812. The molecule has 0 N–H and O–H groups in total. The van der Waals surface area contributed by atoms with Crippen molar-refractivity contribution in [2.45, 2.75) is 120 Å². The molecule has 7 atom stereocenters. The van der Waals surface area contributed by atoms with Gasteiger partial charge in [-0.1, -0.05) is 86.8 Å². The van der Waals surface area contributed by atoms with Crippen molar-refractivity contribution in [1.82, 2.24) is 0 Å². The highest BCUT2D eigenvalue weighted by molar-refractivity contribution is 6.00. The first-order chi connectivity index (χ1) is 16.2. The topological polar surface area (TPSA) is 43.4 Å². The van der Waals surface area contributed by atoms with Gasteiger partial charge in [-0.3, -0.25) is 9.59 Å². The van der Waals surface area contributed by atoms with Crippen LogP contribution in [0.2, 0.25) is 0 Å². The van der Waals surface area contributed by atoms with Crippen LogP contribution in [0.3, 0.4) is 0 Å². The van der Waals surface area contributed by atoms with Crippen LogP contribution in [0, 0.1) is 45.3 Å². The molecule has 3 nitrogen and oxygen atoms in total. The van der Waals surface area contributed by atoms with Crippen LogP contribution in [-0.4, -0.2) is 17.9 Å². The first-order valence-corrected chi connectivity index (χ1v) is 14.3. The molecule has 0 aliphatic heterocycles. The molecule has 0 saturated heterocycles. The first-order valence-electron chi connectivity index (χ1n) is 14.3. The Morgan fingerprint density at radius 2 is 1.74 bits per heavy atom. The molecule has 0 aromatic heterocycles. The van der Waals surface area contributed by atoms with E-state index in [1.165, 1.54) is 38.2 Å². The van der Waals surface area contributed by atoms with Crippen molar-refractivity contribution in [2.24, 2.45) is 45.3 Å². The average Bonchev–Trinajstić information content (AvgIpc) is 3.02. The molecule has 3 heteroatoms. The summed E-state index contributed by atoms with van der Waals surface area (Å²) in [6, 6.07) is 0. The Kier molecular flexibility index (Phi) is 6.76. The summed E-state index contributed by atoms with van der Waals surface area (Å²) >= 11 is 0. The number of Topliss-reactive ketones (excluding diaryl/α,β-unsaturated/α-hetero) is 1. The maximum atomic E-state index is 14.1. The molecule has 196 valence electrons. The summed E-state index contributed by atoms with van der Waals surface area (Å²) in [4.78, 5) is 25.9. The molecule has 0 aromatic rings. The first kappa shape index (κ1) is 26.7. The Labute approximate surface area is 214 Å². The summed E-state index contributed by atoms with van der Waals surface area (Å²) in [7, 11) is 0. The Bertz CT molecular complexity index is 938. The summed E-state index contributed by atoms with van der Waals surface area (Å²) in [5.41, 5.74) is 2.13. The highest BCUT2D eigenvalue weighted by atomic mass is 16.5. The molecule has 2 saturated carbocycles. The lowest BCUT2D eigenvalue weighted by Crippen LogP contribution is -2.56. The number of esters is 1. The van der Waals surface area contributed by atoms with E-state index < -0.39 is 0 Å². The fourth-order valence-corrected chi connectivity index (χ4v) is 9.15. The van der Waals surface area contributed by atoms with Crippen LogP contribution in [0.15, 0.2) is 23.3 Å². The summed E-state index contributed by atoms with van der Waals surface area (Å²) in [5.74, 6) is 2.39. The Morgan fingerprint density at radius 1 is 1.06 bits per heavy atom. The number of rotatable bonds is 6. The van der Waals surface area contributed by atoms with Crippen molar-refractivity contribution in [3.8, 4) is 0 Å². The molecule has 0 unspecified atom stereocenters. The quantitative estimate of drug-likeness (QED) is 0.359. The second-order valence-electron chi connectivity index (χ2n) is 14.2. The van der Waals surface area contributed by atoms with E-state index in [9.17, 15) is 9.59 Å². The number of ketones is 1. The van der Waals surface area contributed by atoms with Gasteiger partial charge in [0.05, 0.1) is 0 Å². The number of ether oxygens (including phenoxy) is 1. The highest BCUT2D eigenvalue weighted by Gasteiger charge is 2.64. The standard InChI is InChI=1S/C32H50O3/c1-20(2)11-10-12-21(3)23-13-18-32(9)28-24(14-17-31(23,32)8)30(7)16-15-27(35-22(4)33)29(5,6)26(30)19-25(28)34/h14,17,20-21,23,26-27H,10-13,15-16,18-19H2,1-9H3/t21-,23-,26+,27+,30-,31-,32+/m1/s1. The number of carbonyl (C=O) groups is 2. The van der Waals surface area contributed by atoms with E-state index >= 15 is 0 Å². The van der Waals surface area contributed by atoms with Gasteiger partial charge in [-0.05, 0) is 65.8 Å². The average molecular weight is 483 g/mol. The van der Waals surface area contributed by atoms with Crippen LogP contribution in [0.25, 0.3) is 0 Å². The zero-order valence-electron chi connectivity index (χ0n) is 23.9. The normalized spacial score (nSPS) is 40.9. The minimum absolute atomic E-state index is 0.0341. The zero-order chi connectivity index (χ0) is 26.0. The molecular formula is C32H50O3. The van der Waals surface area contributed by atoms with Gasteiger partial charge in [0, 0.05) is 29.7 Å². The molecule has 35 heavy (non-hydrogen) atoms. The lowest BCUT2D eigenvalue weighted by Gasteiger charge is -2.60. The SMILES string of the molecule is CC(=O)O[C@H]1CC[C@]2(C)C3=C(C(=O)C[C@H]2C1(C)C)[C@]1(C)CC[C@H]([C@H](C)CCCC(C)C)[C@@]1(C)C=C3. The second-order valence-corrected chi connectivity index (χ2v) is 14.2. The minimum Gasteiger partial charge on any atom is -0.462 e. The van der Waals surface area contributed by atoms with E-state index in [4.69, 9.17) is 4.74 Å². The largest absolute Gasteiger partial charge is 0.462 e. The van der Waals surface area contributed by atoms with Crippen molar-refractivity contribution < 1.29 is 14.3 Å². The van der Waals surface area contributed by atoms with Gasteiger partial charge in [0.1, 0.15) is 6.10 Å². The lowest BCUT2D eigenvalue weighted by molar-refractivity contribution is -0.167. The van der Waals surface area contributed by atoms with E-state index in [-0.39, 0.29) is 39.7 Å². The molecule has 0 heterocycles.